The van der Waals surface area contributed by atoms with Crippen LogP contribution in [0.25, 0.3) is 30.9 Å². The van der Waals surface area contributed by atoms with Crippen molar-refractivity contribution in [2.45, 2.75) is 19.9 Å². The van der Waals surface area contributed by atoms with E-state index in [-0.39, 0.29) is 17.9 Å². The van der Waals surface area contributed by atoms with Crippen molar-refractivity contribution in [2.75, 3.05) is 0 Å². The van der Waals surface area contributed by atoms with E-state index < -0.39 is 0 Å². The molecule has 0 saturated heterocycles. The molecule has 1 aromatic carbocycles. The summed E-state index contributed by atoms with van der Waals surface area (Å²) in [4.78, 5) is 22.3. The molecule has 150 valence electrons. The molecule has 0 saturated carbocycles. The highest BCUT2D eigenvalue weighted by Gasteiger charge is 2.26. The van der Waals surface area contributed by atoms with E-state index in [0.29, 0.717) is 16.6 Å². The molecule has 4 aromatic heterocycles. The molecule has 0 aliphatic rings. The van der Waals surface area contributed by atoms with Gasteiger partial charge in [0.2, 0.25) is 11.7 Å². The Labute approximate surface area is 180 Å². The standard InChI is InChI=1S/C22H18N4O2S2/c1-12(2)18(22-25-20(26-28-22)13-6-5-9-23-11-13)24-21(27)17-10-16-19(30-17)14-7-3-4-8-15(14)29-16/h3-12,18H,1-2H3,(H,24,27). The number of thiophene rings is 2. The lowest BCUT2D eigenvalue weighted by Crippen LogP contribution is -2.31. The molecule has 0 radical (unpaired) electrons. The van der Waals surface area contributed by atoms with Crippen molar-refractivity contribution in [3.8, 4) is 11.4 Å². The van der Waals surface area contributed by atoms with Crippen molar-refractivity contribution in [2.24, 2.45) is 5.92 Å². The van der Waals surface area contributed by atoms with E-state index in [9.17, 15) is 4.79 Å². The number of nitrogens with one attached hydrogen (secondary N) is 1. The van der Waals surface area contributed by atoms with Gasteiger partial charge < -0.3 is 9.84 Å². The summed E-state index contributed by atoms with van der Waals surface area (Å²) in [6.45, 7) is 4.03. The largest absolute Gasteiger partial charge is 0.339 e. The summed E-state index contributed by atoms with van der Waals surface area (Å²) in [5, 5.41) is 8.33. The number of benzene rings is 1. The zero-order chi connectivity index (χ0) is 20.7. The molecule has 0 fully saturated rings. The van der Waals surface area contributed by atoms with Crippen LogP contribution in [-0.2, 0) is 0 Å². The van der Waals surface area contributed by atoms with E-state index in [2.05, 4.69) is 32.6 Å². The van der Waals surface area contributed by atoms with Crippen LogP contribution in [0.15, 0.2) is 59.4 Å². The van der Waals surface area contributed by atoms with E-state index >= 15 is 0 Å². The lowest BCUT2D eigenvalue weighted by Gasteiger charge is -2.17. The molecule has 30 heavy (non-hydrogen) atoms. The van der Waals surface area contributed by atoms with Gasteiger partial charge in [-0.2, -0.15) is 4.98 Å². The van der Waals surface area contributed by atoms with E-state index in [1.54, 1.807) is 23.7 Å². The molecular weight excluding hydrogens is 416 g/mol. The van der Waals surface area contributed by atoms with Crippen LogP contribution in [0, 0.1) is 5.92 Å². The van der Waals surface area contributed by atoms with Crippen LogP contribution in [0.4, 0.5) is 0 Å². The number of nitrogens with zero attached hydrogens (tertiary/aromatic N) is 3. The van der Waals surface area contributed by atoms with Gasteiger partial charge in [-0.05, 0) is 30.2 Å². The molecule has 0 spiro atoms. The van der Waals surface area contributed by atoms with Gasteiger partial charge in [0.05, 0.1) is 9.58 Å². The van der Waals surface area contributed by atoms with Crippen molar-refractivity contribution in [3.63, 3.8) is 0 Å². The maximum absolute atomic E-state index is 13.0. The van der Waals surface area contributed by atoms with Crippen LogP contribution in [0.3, 0.4) is 0 Å². The summed E-state index contributed by atoms with van der Waals surface area (Å²) < 4.78 is 9.00. The fourth-order valence-corrected chi connectivity index (χ4v) is 5.74. The molecule has 6 nitrogen and oxygen atoms in total. The molecular formula is C22H18N4O2S2. The molecule has 5 aromatic rings. The average Bonchev–Trinajstić information content (AvgIpc) is 3.47. The number of hydrogen-bond donors (Lipinski definition) is 1. The van der Waals surface area contributed by atoms with Crippen LogP contribution in [-0.4, -0.2) is 21.0 Å². The first kappa shape index (κ1) is 18.9. The number of pyridine rings is 1. The number of amides is 1. The van der Waals surface area contributed by atoms with Crippen molar-refractivity contribution < 1.29 is 9.32 Å². The maximum Gasteiger partial charge on any atom is 0.262 e. The summed E-state index contributed by atoms with van der Waals surface area (Å²) in [6, 6.07) is 13.5. The summed E-state index contributed by atoms with van der Waals surface area (Å²) in [5.74, 6) is 0.799. The molecule has 0 aliphatic heterocycles. The third-order valence-electron chi connectivity index (χ3n) is 4.85. The van der Waals surface area contributed by atoms with Crippen LogP contribution in [0.2, 0.25) is 0 Å². The topological polar surface area (TPSA) is 80.9 Å². The molecule has 0 bridgehead atoms. The van der Waals surface area contributed by atoms with Crippen LogP contribution < -0.4 is 5.32 Å². The fraction of sp³-hybridized carbons (Fsp3) is 0.182. The first-order valence-electron chi connectivity index (χ1n) is 9.56. The molecule has 5 rings (SSSR count). The smallest absolute Gasteiger partial charge is 0.262 e. The zero-order valence-electron chi connectivity index (χ0n) is 16.3. The Morgan fingerprint density at radius 3 is 2.77 bits per heavy atom. The minimum absolute atomic E-state index is 0.0815. The first-order valence-corrected chi connectivity index (χ1v) is 11.2. The van der Waals surface area contributed by atoms with Crippen LogP contribution >= 0.6 is 22.7 Å². The third-order valence-corrected chi connectivity index (χ3v) is 7.27. The summed E-state index contributed by atoms with van der Waals surface area (Å²) >= 11 is 3.22. The second-order valence-electron chi connectivity index (χ2n) is 7.30. The molecule has 1 amide bonds. The molecule has 1 unspecified atom stereocenters. The van der Waals surface area contributed by atoms with E-state index in [1.165, 1.54) is 21.4 Å². The highest BCUT2D eigenvalue weighted by Crippen LogP contribution is 2.39. The first-order chi connectivity index (χ1) is 14.6. The second kappa shape index (κ2) is 7.62. The Bertz CT molecular complexity index is 1340. The molecule has 8 heteroatoms. The highest BCUT2D eigenvalue weighted by atomic mass is 32.1. The monoisotopic (exact) mass is 434 g/mol. The number of carbonyl (C=O) groups excluding carboxylic acids is 1. The Morgan fingerprint density at radius 1 is 1.10 bits per heavy atom. The van der Waals surface area contributed by atoms with Gasteiger partial charge in [-0.15, -0.1) is 22.7 Å². The van der Waals surface area contributed by atoms with Gasteiger partial charge in [-0.3, -0.25) is 9.78 Å². The van der Waals surface area contributed by atoms with Crippen molar-refractivity contribution in [3.05, 3.63) is 65.6 Å². The lowest BCUT2D eigenvalue weighted by atomic mass is 10.0. The summed E-state index contributed by atoms with van der Waals surface area (Å²) in [6.07, 6.45) is 3.37. The molecule has 0 aliphatic carbocycles. The maximum atomic E-state index is 13.0. The van der Waals surface area contributed by atoms with Gasteiger partial charge in [0.1, 0.15) is 6.04 Å². The average molecular weight is 435 g/mol. The van der Waals surface area contributed by atoms with Crippen LogP contribution in [0.5, 0.6) is 0 Å². The lowest BCUT2D eigenvalue weighted by molar-refractivity contribution is 0.0918. The molecule has 1 atom stereocenters. The number of rotatable bonds is 5. The number of aromatic nitrogens is 3. The Hall–Kier alpha value is -3.10. The van der Waals surface area contributed by atoms with Gasteiger partial charge in [0.15, 0.2) is 0 Å². The van der Waals surface area contributed by atoms with Gasteiger partial charge in [-0.1, -0.05) is 37.2 Å². The predicted molar refractivity (Wildman–Crippen MR) is 120 cm³/mol. The number of hydrogen-bond acceptors (Lipinski definition) is 7. The Kier molecular flexibility index (Phi) is 4.80. The van der Waals surface area contributed by atoms with Gasteiger partial charge in [0.25, 0.3) is 5.91 Å². The minimum atomic E-state index is -0.382. The summed E-state index contributed by atoms with van der Waals surface area (Å²) in [7, 11) is 0. The number of carbonyl (C=O) groups is 1. The third kappa shape index (κ3) is 3.38. The zero-order valence-corrected chi connectivity index (χ0v) is 18.0. The number of fused-ring (bicyclic) bond motifs is 3. The van der Waals surface area contributed by atoms with Crippen molar-refractivity contribution >= 4 is 48.1 Å². The molecule has 1 N–H and O–H groups in total. The van der Waals surface area contributed by atoms with Crippen molar-refractivity contribution in [1.82, 2.24) is 20.4 Å². The van der Waals surface area contributed by atoms with E-state index in [0.717, 1.165) is 15.0 Å². The Morgan fingerprint density at radius 2 is 1.97 bits per heavy atom. The second-order valence-corrected chi connectivity index (χ2v) is 9.43. The van der Waals surface area contributed by atoms with Gasteiger partial charge in [-0.25, -0.2) is 0 Å². The minimum Gasteiger partial charge on any atom is -0.339 e. The fourth-order valence-electron chi connectivity index (χ4n) is 3.31. The van der Waals surface area contributed by atoms with Crippen molar-refractivity contribution in [1.29, 1.82) is 0 Å². The SMILES string of the molecule is CC(C)C(NC(=O)c1cc2sc3ccccc3c2s1)c1nc(-c2cccnc2)no1. The van der Waals surface area contributed by atoms with Gasteiger partial charge in [0, 0.05) is 32.7 Å². The Balaban J connectivity index is 1.41. The normalized spacial score (nSPS) is 12.6. The van der Waals surface area contributed by atoms with E-state index in [4.69, 9.17) is 4.52 Å². The van der Waals surface area contributed by atoms with E-state index in [1.807, 2.05) is 44.2 Å². The molecule has 4 heterocycles. The highest BCUT2D eigenvalue weighted by molar-refractivity contribution is 7.33. The van der Waals surface area contributed by atoms with Crippen LogP contribution in [0.1, 0.15) is 35.5 Å². The summed E-state index contributed by atoms with van der Waals surface area (Å²) in [5.41, 5.74) is 0.770. The van der Waals surface area contributed by atoms with Gasteiger partial charge >= 0.3 is 0 Å². The predicted octanol–water partition coefficient (Wildman–Crippen LogP) is 5.69. The quantitative estimate of drug-likeness (QED) is 0.384.